The maximum Gasteiger partial charge on any atom is 0.332 e. The van der Waals surface area contributed by atoms with Crippen LogP contribution in [0.1, 0.15) is 12.8 Å². The molecule has 0 aromatic heterocycles. The minimum Gasteiger partial charge on any atom is -0.478 e. The molecule has 0 aliphatic carbocycles. The van der Waals surface area contributed by atoms with Gasteiger partial charge in [0.25, 0.3) is 0 Å². The smallest absolute Gasteiger partial charge is 0.332 e. The van der Waals surface area contributed by atoms with Crippen LogP contribution in [0.3, 0.4) is 0 Å². The zero-order chi connectivity index (χ0) is 10.4. The molecule has 0 aliphatic heterocycles. The van der Waals surface area contributed by atoms with E-state index < -0.39 is 12.0 Å². The minimum atomic E-state index is -1.00. The van der Waals surface area contributed by atoms with Crippen molar-refractivity contribution in [3.8, 4) is 0 Å². The van der Waals surface area contributed by atoms with Gasteiger partial charge in [-0.2, -0.15) is 0 Å². The lowest BCUT2D eigenvalue weighted by atomic mass is 10.0. The van der Waals surface area contributed by atoms with Crippen molar-refractivity contribution in [2.75, 3.05) is 20.6 Å². The summed E-state index contributed by atoms with van der Waals surface area (Å²) in [4.78, 5) is 12.5. The van der Waals surface area contributed by atoms with Crippen molar-refractivity contribution < 1.29 is 9.90 Å². The van der Waals surface area contributed by atoms with E-state index in [0.29, 0.717) is 6.42 Å². The minimum absolute atomic E-state index is 0.0961. The molecule has 0 aromatic rings. The number of aliphatic carboxylic acids is 1. The molecule has 0 bridgehead atoms. The molecule has 0 rings (SSSR count). The first-order chi connectivity index (χ1) is 5.95. The first-order valence-corrected chi connectivity index (χ1v) is 4.27. The first kappa shape index (κ1) is 12.1. The lowest BCUT2D eigenvalue weighted by Gasteiger charge is -2.13. The second-order valence-electron chi connectivity index (χ2n) is 3.38. The van der Waals surface area contributed by atoms with Gasteiger partial charge in [-0.1, -0.05) is 6.58 Å². The molecule has 0 radical (unpaired) electrons. The molecule has 0 saturated carbocycles. The predicted octanol–water partition coefficient (Wildman–Crippen LogP) is 0.296. The number of carboxylic acid groups (broad SMARTS) is 1. The molecule has 4 heteroatoms. The quantitative estimate of drug-likeness (QED) is 0.585. The summed E-state index contributed by atoms with van der Waals surface area (Å²) in [5.41, 5.74) is 5.70. The van der Waals surface area contributed by atoms with Crippen molar-refractivity contribution in [1.29, 1.82) is 0 Å². The van der Waals surface area contributed by atoms with Gasteiger partial charge in [0.2, 0.25) is 0 Å². The second-order valence-corrected chi connectivity index (χ2v) is 3.38. The molecular weight excluding hydrogens is 168 g/mol. The second kappa shape index (κ2) is 5.72. The SMILES string of the molecule is C=C(C(=O)O)C(N)CCCN(C)C. The Balaban J connectivity index is 3.68. The Labute approximate surface area is 79.0 Å². The van der Waals surface area contributed by atoms with E-state index in [4.69, 9.17) is 10.8 Å². The average molecular weight is 186 g/mol. The monoisotopic (exact) mass is 186 g/mol. The molecule has 0 spiro atoms. The van der Waals surface area contributed by atoms with Gasteiger partial charge in [0.1, 0.15) is 0 Å². The van der Waals surface area contributed by atoms with Gasteiger partial charge in [-0.05, 0) is 33.5 Å². The van der Waals surface area contributed by atoms with E-state index in [-0.39, 0.29) is 5.57 Å². The van der Waals surface area contributed by atoms with E-state index in [0.717, 1.165) is 13.0 Å². The Morgan fingerprint density at radius 2 is 2.15 bits per heavy atom. The fraction of sp³-hybridized carbons (Fsp3) is 0.667. The van der Waals surface area contributed by atoms with E-state index in [1.165, 1.54) is 0 Å². The maximum absolute atomic E-state index is 10.4. The molecule has 76 valence electrons. The van der Waals surface area contributed by atoms with Crippen molar-refractivity contribution in [3.05, 3.63) is 12.2 Å². The highest BCUT2D eigenvalue weighted by Crippen LogP contribution is 2.04. The number of carbonyl (C=O) groups is 1. The maximum atomic E-state index is 10.4. The summed E-state index contributed by atoms with van der Waals surface area (Å²) >= 11 is 0. The Bertz CT molecular complexity index is 190. The zero-order valence-corrected chi connectivity index (χ0v) is 8.29. The summed E-state index contributed by atoms with van der Waals surface area (Å²) in [7, 11) is 3.94. The van der Waals surface area contributed by atoms with Gasteiger partial charge in [-0.25, -0.2) is 4.79 Å². The average Bonchev–Trinajstić information content (AvgIpc) is 2.02. The molecule has 0 amide bonds. The molecule has 3 N–H and O–H groups in total. The van der Waals surface area contributed by atoms with Crippen LogP contribution in [0.5, 0.6) is 0 Å². The first-order valence-electron chi connectivity index (χ1n) is 4.27. The Morgan fingerprint density at radius 1 is 1.62 bits per heavy atom. The summed E-state index contributed by atoms with van der Waals surface area (Å²) in [6.07, 6.45) is 1.56. The van der Waals surface area contributed by atoms with Crippen LogP contribution in [0.15, 0.2) is 12.2 Å². The van der Waals surface area contributed by atoms with Crippen LogP contribution in [0.4, 0.5) is 0 Å². The molecule has 1 atom stereocenters. The predicted molar refractivity (Wildman–Crippen MR) is 52.5 cm³/mol. The van der Waals surface area contributed by atoms with Crippen LogP contribution in [-0.4, -0.2) is 42.7 Å². The van der Waals surface area contributed by atoms with E-state index in [1.54, 1.807) is 0 Å². The van der Waals surface area contributed by atoms with Crippen molar-refractivity contribution >= 4 is 5.97 Å². The number of rotatable bonds is 6. The molecule has 0 aliphatic rings. The molecule has 1 unspecified atom stereocenters. The summed E-state index contributed by atoms with van der Waals surface area (Å²) in [6.45, 7) is 4.33. The topological polar surface area (TPSA) is 66.6 Å². The third kappa shape index (κ3) is 5.38. The van der Waals surface area contributed by atoms with E-state index >= 15 is 0 Å². The number of carboxylic acids is 1. The van der Waals surface area contributed by atoms with E-state index in [1.807, 2.05) is 19.0 Å². The van der Waals surface area contributed by atoms with Crippen LogP contribution in [0.2, 0.25) is 0 Å². The third-order valence-electron chi connectivity index (χ3n) is 1.84. The largest absolute Gasteiger partial charge is 0.478 e. The van der Waals surface area contributed by atoms with Crippen LogP contribution in [0.25, 0.3) is 0 Å². The van der Waals surface area contributed by atoms with Crippen molar-refractivity contribution in [2.45, 2.75) is 18.9 Å². The van der Waals surface area contributed by atoms with Crippen LogP contribution in [0, 0.1) is 0 Å². The van der Waals surface area contributed by atoms with E-state index in [2.05, 4.69) is 6.58 Å². The van der Waals surface area contributed by atoms with Gasteiger partial charge in [0, 0.05) is 11.6 Å². The van der Waals surface area contributed by atoms with Gasteiger partial charge in [-0.3, -0.25) is 0 Å². The highest BCUT2D eigenvalue weighted by Gasteiger charge is 2.13. The standard InChI is InChI=1S/C9H18N2O2/c1-7(9(12)13)8(10)5-4-6-11(2)3/h8H,1,4-6,10H2,2-3H3,(H,12,13). The van der Waals surface area contributed by atoms with E-state index in [9.17, 15) is 4.79 Å². The summed E-state index contributed by atoms with van der Waals surface area (Å²) < 4.78 is 0. The molecule has 0 saturated heterocycles. The van der Waals surface area contributed by atoms with Crippen molar-refractivity contribution in [1.82, 2.24) is 4.90 Å². The lowest BCUT2D eigenvalue weighted by molar-refractivity contribution is -0.132. The van der Waals surface area contributed by atoms with Gasteiger partial charge in [0.15, 0.2) is 0 Å². The van der Waals surface area contributed by atoms with Crippen molar-refractivity contribution in [2.24, 2.45) is 5.73 Å². The van der Waals surface area contributed by atoms with Gasteiger partial charge >= 0.3 is 5.97 Å². The highest BCUT2D eigenvalue weighted by atomic mass is 16.4. The fourth-order valence-electron chi connectivity index (χ4n) is 0.960. The summed E-state index contributed by atoms with van der Waals surface area (Å²) in [6, 6.07) is -0.419. The molecular formula is C9H18N2O2. The molecule has 0 fully saturated rings. The summed E-state index contributed by atoms with van der Waals surface area (Å²) in [5.74, 6) is -1.00. The zero-order valence-electron chi connectivity index (χ0n) is 8.29. The van der Waals surface area contributed by atoms with Crippen molar-refractivity contribution in [3.63, 3.8) is 0 Å². The Kier molecular flexibility index (Phi) is 5.34. The number of hydrogen-bond donors (Lipinski definition) is 2. The third-order valence-corrected chi connectivity index (χ3v) is 1.84. The molecule has 0 aromatic carbocycles. The fourth-order valence-corrected chi connectivity index (χ4v) is 0.960. The highest BCUT2D eigenvalue weighted by molar-refractivity contribution is 5.87. The summed E-state index contributed by atoms with van der Waals surface area (Å²) in [5, 5.41) is 8.57. The van der Waals surface area contributed by atoms with Gasteiger partial charge in [-0.15, -0.1) is 0 Å². The number of nitrogens with zero attached hydrogens (tertiary/aromatic N) is 1. The van der Waals surface area contributed by atoms with Crippen LogP contribution < -0.4 is 5.73 Å². The van der Waals surface area contributed by atoms with Gasteiger partial charge < -0.3 is 15.7 Å². The number of nitrogens with two attached hydrogens (primary N) is 1. The lowest BCUT2D eigenvalue weighted by Crippen LogP contribution is -2.27. The molecule has 0 heterocycles. The molecule has 13 heavy (non-hydrogen) atoms. The normalized spacial score (nSPS) is 12.9. The van der Waals surface area contributed by atoms with Crippen LogP contribution >= 0.6 is 0 Å². The molecule has 4 nitrogen and oxygen atoms in total. The Morgan fingerprint density at radius 3 is 2.54 bits per heavy atom. The number of hydrogen-bond acceptors (Lipinski definition) is 3. The van der Waals surface area contributed by atoms with Gasteiger partial charge in [0.05, 0.1) is 0 Å². The Hall–Kier alpha value is -0.870. The van der Waals surface area contributed by atoms with Crippen LogP contribution in [-0.2, 0) is 4.79 Å².